The molecular formula is C32H58N10O9S. The number of thioether (sulfide) groups is 1. The van der Waals surface area contributed by atoms with E-state index in [1.54, 1.807) is 0 Å². The summed E-state index contributed by atoms with van der Waals surface area (Å²) in [7, 11) is 6.34. The van der Waals surface area contributed by atoms with Crippen molar-refractivity contribution in [3.05, 3.63) is 0 Å². The van der Waals surface area contributed by atoms with Gasteiger partial charge in [0.1, 0.15) is 12.1 Å². The molecule has 0 aliphatic carbocycles. The van der Waals surface area contributed by atoms with Gasteiger partial charge in [-0.25, -0.2) is 24.1 Å². The van der Waals surface area contributed by atoms with E-state index in [9.17, 15) is 43.5 Å². The topological polar surface area (TPSA) is 224 Å². The third kappa shape index (κ3) is 14.5. The van der Waals surface area contributed by atoms with Crippen LogP contribution < -0.4 is 21.3 Å². The molecule has 52 heavy (non-hydrogen) atoms. The molecule has 3 atom stereocenters. The van der Waals surface area contributed by atoms with Gasteiger partial charge in [0.2, 0.25) is 5.91 Å². The Hall–Kier alpha value is -4.01. The van der Waals surface area contributed by atoms with Crippen molar-refractivity contribution >= 4 is 59.5 Å². The highest BCUT2D eigenvalue weighted by molar-refractivity contribution is 8.00. The number of aliphatic hydroxyl groups is 1. The van der Waals surface area contributed by atoms with E-state index in [1.165, 1.54) is 65.6 Å². The summed E-state index contributed by atoms with van der Waals surface area (Å²) in [5, 5.41) is 18.0. The van der Waals surface area contributed by atoms with E-state index in [4.69, 9.17) is 0 Å². The lowest BCUT2D eigenvalue weighted by atomic mass is 9.97. The second kappa shape index (κ2) is 21.5. The van der Waals surface area contributed by atoms with Crippen LogP contribution in [0.2, 0.25) is 0 Å². The second-order valence-corrected chi connectivity index (χ2v) is 14.4. The maximum absolute atomic E-state index is 14.0. The predicted molar refractivity (Wildman–Crippen MR) is 195 cm³/mol. The standard InChI is InChI=1S/C32H58N10O9S/c1-11-13-23(43)38(8)27(52-19-18-42-16-14-41(12-2)15-17-42)26(46)37(7)22(20-32(4,5)51)24(44)35-30(49)40(10)31(50)36-28(47)34-21(3)25(45)39(9)29(48)33-6/h21-22,27,51H,11-20H2,1-10H3,(H,33,48)(H,35,44,49)(H2,34,36,47,50)/t21-,22-,27+/m0/s1. The van der Waals surface area contributed by atoms with E-state index in [-0.39, 0.29) is 18.7 Å². The summed E-state index contributed by atoms with van der Waals surface area (Å²) in [4.78, 5) is 111. The Kier molecular flexibility index (Phi) is 19.0. The smallest absolute Gasteiger partial charge is 0.333 e. The van der Waals surface area contributed by atoms with Gasteiger partial charge in [-0.1, -0.05) is 13.8 Å². The van der Waals surface area contributed by atoms with E-state index >= 15 is 0 Å². The highest BCUT2D eigenvalue weighted by Gasteiger charge is 2.38. The zero-order valence-corrected chi connectivity index (χ0v) is 32.9. The molecule has 12 amide bonds. The minimum atomic E-state index is -1.49. The first kappa shape index (κ1) is 46.0. The molecule has 0 spiro atoms. The van der Waals surface area contributed by atoms with Gasteiger partial charge in [-0.05, 0) is 33.7 Å². The first-order valence-electron chi connectivity index (χ1n) is 17.2. The normalized spacial score (nSPS) is 15.3. The number of rotatable bonds is 15. The molecule has 1 heterocycles. The number of hydrogen-bond acceptors (Lipinski definition) is 12. The molecule has 20 heteroatoms. The lowest BCUT2D eigenvalue weighted by molar-refractivity contribution is -0.145. The molecule has 0 bridgehead atoms. The SMILES string of the molecule is CCCC(=O)N(C)[C@H](SCCN1CCN(CC)CC1)C(=O)N(C)[C@@H](CC(C)(C)O)C(=O)NC(=O)N(C)C(=O)NC(=O)N[C@@H](C)C(=O)N(C)C(=O)NC. The van der Waals surface area contributed by atoms with Crippen molar-refractivity contribution in [1.29, 1.82) is 0 Å². The molecular weight excluding hydrogens is 700 g/mol. The summed E-state index contributed by atoms with van der Waals surface area (Å²) in [5.74, 6) is -2.15. The molecule has 0 saturated carbocycles. The minimum Gasteiger partial charge on any atom is -0.390 e. The molecule has 296 valence electrons. The average molecular weight is 759 g/mol. The van der Waals surface area contributed by atoms with Crippen LogP contribution in [0.1, 0.15) is 53.9 Å². The number of amides is 12. The fraction of sp³-hybridized carbons (Fsp3) is 0.750. The zero-order chi connectivity index (χ0) is 39.9. The number of carbonyl (C=O) groups excluding carboxylic acids is 8. The summed E-state index contributed by atoms with van der Waals surface area (Å²) < 4.78 is 0. The molecule has 1 saturated heterocycles. The molecule has 0 unspecified atom stereocenters. The largest absolute Gasteiger partial charge is 0.390 e. The molecule has 5 N–H and O–H groups in total. The van der Waals surface area contributed by atoms with Gasteiger partial charge in [-0.15, -0.1) is 11.8 Å². The van der Waals surface area contributed by atoms with Gasteiger partial charge in [0.15, 0.2) is 5.37 Å². The number of carbonyl (C=O) groups is 8. The maximum atomic E-state index is 14.0. The van der Waals surface area contributed by atoms with Gasteiger partial charge < -0.3 is 30.4 Å². The van der Waals surface area contributed by atoms with Crippen molar-refractivity contribution in [1.82, 2.24) is 50.7 Å². The van der Waals surface area contributed by atoms with Gasteiger partial charge >= 0.3 is 24.1 Å². The van der Waals surface area contributed by atoms with Crippen molar-refractivity contribution in [3.8, 4) is 0 Å². The van der Waals surface area contributed by atoms with Crippen LogP contribution in [-0.4, -0.2) is 186 Å². The highest BCUT2D eigenvalue weighted by atomic mass is 32.2. The number of imide groups is 4. The summed E-state index contributed by atoms with van der Waals surface area (Å²) in [6.07, 6.45) is 0.461. The van der Waals surface area contributed by atoms with Crippen molar-refractivity contribution < 1.29 is 43.5 Å². The van der Waals surface area contributed by atoms with Crippen LogP contribution in [0, 0.1) is 0 Å². The third-order valence-electron chi connectivity index (χ3n) is 8.45. The Morgan fingerprint density at radius 1 is 0.808 bits per heavy atom. The monoisotopic (exact) mass is 758 g/mol. The van der Waals surface area contributed by atoms with Gasteiger partial charge in [-0.3, -0.25) is 39.6 Å². The van der Waals surface area contributed by atoms with Gasteiger partial charge in [-0.2, -0.15) is 0 Å². The van der Waals surface area contributed by atoms with E-state index in [2.05, 4.69) is 27.4 Å². The van der Waals surface area contributed by atoms with Crippen LogP contribution in [0.3, 0.4) is 0 Å². The minimum absolute atomic E-state index is 0.209. The number of nitrogens with one attached hydrogen (secondary N) is 4. The number of urea groups is 4. The number of likely N-dealkylation sites (N-methyl/N-ethyl adjacent to an activating group) is 4. The van der Waals surface area contributed by atoms with Crippen molar-refractivity contribution in [3.63, 3.8) is 0 Å². The molecule has 0 radical (unpaired) electrons. The summed E-state index contributed by atoms with van der Waals surface area (Å²) >= 11 is 1.26. The summed E-state index contributed by atoms with van der Waals surface area (Å²) in [5.41, 5.74) is -1.49. The number of hydrogen-bond donors (Lipinski definition) is 5. The van der Waals surface area contributed by atoms with E-state index < -0.39 is 64.9 Å². The highest BCUT2D eigenvalue weighted by Crippen LogP contribution is 2.23. The Balaban J connectivity index is 3.07. The first-order chi connectivity index (χ1) is 24.2. The van der Waals surface area contributed by atoms with Gasteiger partial charge in [0.05, 0.1) is 5.60 Å². The molecule has 1 rings (SSSR count). The van der Waals surface area contributed by atoms with Crippen LogP contribution >= 0.6 is 11.8 Å². The first-order valence-corrected chi connectivity index (χ1v) is 18.2. The van der Waals surface area contributed by atoms with Gasteiger partial charge in [0, 0.05) is 86.6 Å². The summed E-state index contributed by atoms with van der Waals surface area (Å²) in [6, 6.07) is -7.07. The molecule has 1 aliphatic rings. The molecule has 19 nitrogen and oxygen atoms in total. The number of piperazine rings is 1. The molecule has 0 aromatic carbocycles. The Labute approximate surface area is 310 Å². The van der Waals surface area contributed by atoms with E-state index in [0.29, 0.717) is 23.6 Å². The Morgan fingerprint density at radius 2 is 1.37 bits per heavy atom. The molecule has 1 fully saturated rings. The third-order valence-corrected chi connectivity index (χ3v) is 9.71. The van der Waals surface area contributed by atoms with Crippen LogP contribution in [0.4, 0.5) is 19.2 Å². The van der Waals surface area contributed by atoms with Crippen molar-refractivity contribution in [2.75, 3.05) is 80.3 Å². The second-order valence-electron chi connectivity index (χ2n) is 13.2. The van der Waals surface area contributed by atoms with Crippen LogP contribution in [-0.2, 0) is 19.2 Å². The fourth-order valence-corrected chi connectivity index (χ4v) is 6.33. The molecule has 0 aromatic rings. The zero-order valence-electron chi connectivity index (χ0n) is 32.1. The van der Waals surface area contributed by atoms with Crippen molar-refractivity contribution in [2.24, 2.45) is 0 Å². The van der Waals surface area contributed by atoms with E-state index in [1.807, 2.05) is 17.6 Å². The van der Waals surface area contributed by atoms with Gasteiger partial charge in [0.25, 0.3) is 17.7 Å². The maximum Gasteiger partial charge on any atom is 0.333 e. The quantitative estimate of drug-likeness (QED) is 0.136. The number of nitrogens with zero attached hydrogens (tertiary/aromatic N) is 6. The van der Waals surface area contributed by atoms with Crippen LogP contribution in [0.5, 0.6) is 0 Å². The van der Waals surface area contributed by atoms with E-state index in [0.717, 1.165) is 49.6 Å². The lowest BCUT2D eigenvalue weighted by Crippen LogP contribution is -2.58. The Morgan fingerprint density at radius 3 is 1.88 bits per heavy atom. The van der Waals surface area contributed by atoms with Crippen LogP contribution in [0.25, 0.3) is 0 Å². The lowest BCUT2D eigenvalue weighted by Gasteiger charge is -2.37. The van der Waals surface area contributed by atoms with Crippen LogP contribution in [0.15, 0.2) is 0 Å². The average Bonchev–Trinajstić information content (AvgIpc) is 3.09. The predicted octanol–water partition coefficient (Wildman–Crippen LogP) is -0.297. The molecule has 1 aliphatic heterocycles. The fourth-order valence-electron chi connectivity index (χ4n) is 5.10. The Bertz CT molecular complexity index is 1290. The van der Waals surface area contributed by atoms with Crippen molar-refractivity contribution in [2.45, 2.75) is 76.9 Å². The summed E-state index contributed by atoms with van der Waals surface area (Å²) in [6.45, 7) is 13.4. The molecule has 0 aromatic heterocycles.